The van der Waals surface area contributed by atoms with E-state index in [1.165, 1.54) is 36.4 Å². The number of benzene rings is 3. The lowest BCUT2D eigenvalue weighted by Gasteiger charge is -2.36. The minimum Gasteiger partial charge on any atom is -0.368 e. The van der Waals surface area contributed by atoms with Gasteiger partial charge >= 0.3 is 0 Å². The van der Waals surface area contributed by atoms with Crippen molar-refractivity contribution < 1.29 is 22.4 Å². The van der Waals surface area contributed by atoms with Gasteiger partial charge in [0.2, 0.25) is 5.91 Å². The lowest BCUT2D eigenvalue weighted by atomic mass is 10.1. The highest BCUT2D eigenvalue weighted by atomic mass is 32.2. The molecule has 35 heavy (non-hydrogen) atoms. The van der Waals surface area contributed by atoms with Crippen molar-refractivity contribution in [2.45, 2.75) is 11.8 Å². The van der Waals surface area contributed by atoms with Crippen molar-refractivity contribution in [1.29, 1.82) is 0 Å². The van der Waals surface area contributed by atoms with Crippen molar-refractivity contribution in [2.24, 2.45) is 0 Å². The average Bonchev–Trinajstić information content (AvgIpc) is 2.84. The summed E-state index contributed by atoms with van der Waals surface area (Å²) in [5.41, 5.74) is 2.84. The van der Waals surface area contributed by atoms with Gasteiger partial charge in [-0.2, -0.15) is 0 Å². The van der Waals surface area contributed by atoms with Crippen LogP contribution >= 0.6 is 0 Å². The number of aryl methyl sites for hydroxylation is 1. The molecule has 2 amide bonds. The molecule has 9 heteroatoms. The number of hydrogen-bond donors (Lipinski definition) is 1. The van der Waals surface area contributed by atoms with Crippen molar-refractivity contribution in [3.8, 4) is 0 Å². The molecular weight excluding hydrogens is 469 g/mol. The highest BCUT2D eigenvalue weighted by molar-refractivity contribution is 7.92. The van der Waals surface area contributed by atoms with Crippen LogP contribution in [0.5, 0.6) is 0 Å². The predicted molar refractivity (Wildman–Crippen MR) is 133 cm³/mol. The van der Waals surface area contributed by atoms with Gasteiger partial charge < -0.3 is 15.1 Å². The summed E-state index contributed by atoms with van der Waals surface area (Å²) < 4.78 is 38.0. The fraction of sp³-hybridized carbons (Fsp3) is 0.231. The molecule has 0 aromatic heterocycles. The van der Waals surface area contributed by atoms with E-state index in [4.69, 9.17) is 0 Å². The van der Waals surface area contributed by atoms with Gasteiger partial charge in [-0.25, -0.2) is 12.8 Å². The minimum atomic E-state index is -3.73. The Morgan fingerprint density at radius 1 is 0.857 bits per heavy atom. The SMILES string of the molecule is Cc1ccc(S(=O)(=O)CC(=O)Nc2ccc(N3CCN(C(=O)c4ccc(F)cc4)CC3)cc2)cc1. The molecule has 3 aromatic carbocycles. The number of rotatable bonds is 6. The molecule has 4 rings (SSSR count). The number of amides is 2. The van der Waals surface area contributed by atoms with Crippen LogP contribution in [0.3, 0.4) is 0 Å². The number of piperazine rings is 1. The van der Waals surface area contributed by atoms with Crippen LogP contribution in [0, 0.1) is 12.7 Å². The standard InChI is InChI=1S/C26H26FN3O4S/c1-19-2-12-24(13-3-19)35(33,34)18-25(31)28-22-8-10-23(11-9-22)29-14-16-30(17-15-29)26(32)20-4-6-21(27)7-5-20/h2-13H,14-18H2,1H3,(H,28,31). The first-order valence-corrected chi connectivity index (χ1v) is 12.9. The summed E-state index contributed by atoms with van der Waals surface area (Å²) in [5, 5.41) is 2.64. The van der Waals surface area contributed by atoms with E-state index < -0.39 is 21.5 Å². The molecule has 0 radical (unpaired) electrons. The molecule has 0 aliphatic carbocycles. The molecule has 182 valence electrons. The average molecular weight is 496 g/mol. The molecule has 1 aliphatic heterocycles. The zero-order valence-corrected chi connectivity index (χ0v) is 20.1. The second-order valence-corrected chi connectivity index (χ2v) is 10.4. The van der Waals surface area contributed by atoms with E-state index in [2.05, 4.69) is 10.2 Å². The number of hydrogen-bond acceptors (Lipinski definition) is 5. The van der Waals surface area contributed by atoms with Crippen LogP contribution in [-0.4, -0.2) is 57.1 Å². The maximum Gasteiger partial charge on any atom is 0.253 e. The first-order chi connectivity index (χ1) is 16.7. The molecule has 0 spiro atoms. The number of sulfone groups is 1. The molecule has 0 saturated carbocycles. The molecule has 0 atom stereocenters. The fourth-order valence-electron chi connectivity index (χ4n) is 3.90. The van der Waals surface area contributed by atoms with E-state index in [0.717, 1.165) is 11.3 Å². The second kappa shape index (κ2) is 10.3. The topological polar surface area (TPSA) is 86.8 Å². The normalized spacial score (nSPS) is 14.0. The Morgan fingerprint density at radius 3 is 2.06 bits per heavy atom. The smallest absolute Gasteiger partial charge is 0.253 e. The molecule has 1 saturated heterocycles. The molecule has 1 fully saturated rings. The Hall–Kier alpha value is -3.72. The van der Waals surface area contributed by atoms with E-state index in [1.54, 1.807) is 29.2 Å². The van der Waals surface area contributed by atoms with Crippen LogP contribution in [0.15, 0.2) is 77.7 Å². The maximum absolute atomic E-state index is 13.1. The van der Waals surface area contributed by atoms with E-state index >= 15 is 0 Å². The van der Waals surface area contributed by atoms with Gasteiger partial charge in [0.25, 0.3) is 5.91 Å². The van der Waals surface area contributed by atoms with E-state index in [-0.39, 0.29) is 16.6 Å². The Morgan fingerprint density at radius 2 is 1.46 bits per heavy atom. The minimum absolute atomic E-state index is 0.116. The van der Waals surface area contributed by atoms with Gasteiger partial charge in [-0.1, -0.05) is 17.7 Å². The molecule has 1 aliphatic rings. The largest absolute Gasteiger partial charge is 0.368 e. The van der Waals surface area contributed by atoms with Gasteiger partial charge in [-0.05, 0) is 67.6 Å². The van der Waals surface area contributed by atoms with Gasteiger partial charge in [-0.15, -0.1) is 0 Å². The van der Waals surface area contributed by atoms with Crippen LogP contribution in [0.4, 0.5) is 15.8 Å². The quantitative estimate of drug-likeness (QED) is 0.566. The summed E-state index contributed by atoms with van der Waals surface area (Å²) in [5.74, 6) is -1.74. The van der Waals surface area contributed by atoms with Gasteiger partial charge in [-0.3, -0.25) is 9.59 Å². The van der Waals surface area contributed by atoms with Crippen molar-refractivity contribution >= 4 is 33.0 Å². The van der Waals surface area contributed by atoms with Gasteiger partial charge in [0.05, 0.1) is 4.90 Å². The first-order valence-electron chi connectivity index (χ1n) is 11.2. The highest BCUT2D eigenvalue weighted by Gasteiger charge is 2.23. The summed E-state index contributed by atoms with van der Waals surface area (Å²) in [6, 6.07) is 19.1. The van der Waals surface area contributed by atoms with E-state index in [1.807, 2.05) is 19.1 Å². The number of nitrogens with one attached hydrogen (secondary N) is 1. The highest BCUT2D eigenvalue weighted by Crippen LogP contribution is 2.21. The lowest BCUT2D eigenvalue weighted by molar-refractivity contribution is -0.113. The van der Waals surface area contributed by atoms with Crippen LogP contribution < -0.4 is 10.2 Å². The van der Waals surface area contributed by atoms with Crippen LogP contribution in [0.25, 0.3) is 0 Å². The third-order valence-electron chi connectivity index (χ3n) is 5.88. The summed E-state index contributed by atoms with van der Waals surface area (Å²) in [4.78, 5) is 28.9. The Labute approximate surface area is 204 Å². The van der Waals surface area contributed by atoms with Crippen LogP contribution in [-0.2, 0) is 14.6 Å². The molecule has 7 nitrogen and oxygen atoms in total. The van der Waals surface area contributed by atoms with Crippen molar-refractivity contribution in [1.82, 2.24) is 4.90 Å². The number of anilines is 2. The molecular formula is C26H26FN3O4S. The Bertz CT molecular complexity index is 1300. The zero-order chi connectivity index (χ0) is 25.0. The summed E-state index contributed by atoms with van der Waals surface area (Å²) in [7, 11) is -3.73. The predicted octanol–water partition coefficient (Wildman–Crippen LogP) is 3.51. The Balaban J connectivity index is 1.30. The van der Waals surface area contributed by atoms with Crippen molar-refractivity contribution in [3.63, 3.8) is 0 Å². The van der Waals surface area contributed by atoms with E-state index in [9.17, 15) is 22.4 Å². The van der Waals surface area contributed by atoms with Gasteiger partial charge in [0.15, 0.2) is 9.84 Å². The third-order valence-corrected chi connectivity index (χ3v) is 7.51. The van der Waals surface area contributed by atoms with Gasteiger partial charge in [0.1, 0.15) is 11.6 Å². The monoisotopic (exact) mass is 495 g/mol. The Kier molecular flexibility index (Phi) is 7.16. The van der Waals surface area contributed by atoms with Crippen LogP contribution in [0.2, 0.25) is 0 Å². The zero-order valence-electron chi connectivity index (χ0n) is 19.3. The number of carbonyl (C=O) groups is 2. The first kappa shape index (κ1) is 24.4. The fourth-order valence-corrected chi connectivity index (χ4v) is 5.03. The van der Waals surface area contributed by atoms with Crippen LogP contribution in [0.1, 0.15) is 15.9 Å². The molecule has 1 N–H and O–H groups in total. The summed E-state index contributed by atoms with van der Waals surface area (Å²) in [6.45, 7) is 4.19. The molecule has 0 unspecified atom stereocenters. The summed E-state index contributed by atoms with van der Waals surface area (Å²) >= 11 is 0. The van der Waals surface area contributed by atoms with Gasteiger partial charge in [0, 0.05) is 43.1 Å². The maximum atomic E-state index is 13.1. The van der Waals surface area contributed by atoms with Crippen molar-refractivity contribution in [3.05, 3.63) is 89.7 Å². The number of halogens is 1. The second-order valence-electron chi connectivity index (χ2n) is 8.45. The molecule has 0 bridgehead atoms. The van der Waals surface area contributed by atoms with Crippen molar-refractivity contribution in [2.75, 3.05) is 42.1 Å². The number of nitrogens with zero attached hydrogens (tertiary/aromatic N) is 2. The third kappa shape index (κ3) is 6.05. The number of carbonyl (C=O) groups excluding carboxylic acids is 2. The molecule has 1 heterocycles. The van der Waals surface area contributed by atoms with E-state index in [0.29, 0.717) is 37.4 Å². The summed E-state index contributed by atoms with van der Waals surface area (Å²) in [6.07, 6.45) is 0. The lowest BCUT2D eigenvalue weighted by Crippen LogP contribution is -2.48. The molecule has 3 aromatic rings.